The van der Waals surface area contributed by atoms with Crippen LogP contribution in [0, 0.1) is 12.8 Å². The van der Waals surface area contributed by atoms with Crippen molar-refractivity contribution in [3.05, 3.63) is 58.6 Å². The fourth-order valence-electron chi connectivity index (χ4n) is 4.85. The number of aliphatic hydroxyl groups excluding tert-OH is 1. The number of amides is 2. The Kier molecular flexibility index (Phi) is 8.41. The van der Waals surface area contributed by atoms with Crippen LogP contribution in [0.2, 0.25) is 0 Å². The molecule has 9 nitrogen and oxygen atoms in total. The Morgan fingerprint density at radius 2 is 1.97 bits per heavy atom. The summed E-state index contributed by atoms with van der Waals surface area (Å²) in [4.78, 5) is 33.9. The summed E-state index contributed by atoms with van der Waals surface area (Å²) >= 11 is 1.60. The summed E-state index contributed by atoms with van der Waals surface area (Å²) in [5, 5.41) is 20.5. The first kappa shape index (κ1) is 27.0. The highest BCUT2D eigenvalue weighted by Crippen LogP contribution is 2.32. The first-order chi connectivity index (χ1) is 17.7. The Morgan fingerprint density at radius 3 is 2.59 bits per heavy atom. The van der Waals surface area contributed by atoms with Gasteiger partial charge in [0.1, 0.15) is 17.7 Å². The molecule has 0 bridgehead atoms. The van der Waals surface area contributed by atoms with Gasteiger partial charge >= 0.3 is 0 Å². The van der Waals surface area contributed by atoms with E-state index in [9.17, 15) is 14.7 Å². The van der Waals surface area contributed by atoms with Crippen molar-refractivity contribution < 1.29 is 19.2 Å². The molecule has 1 fully saturated rings. The van der Waals surface area contributed by atoms with Crippen molar-refractivity contribution in [1.82, 2.24) is 25.7 Å². The van der Waals surface area contributed by atoms with E-state index in [1.807, 2.05) is 64.5 Å². The van der Waals surface area contributed by atoms with Gasteiger partial charge in [-0.3, -0.25) is 9.59 Å². The van der Waals surface area contributed by atoms with Crippen LogP contribution in [0.25, 0.3) is 10.4 Å². The maximum atomic E-state index is 13.7. The monoisotopic (exact) mass is 525 g/mol. The first-order valence-electron chi connectivity index (χ1n) is 12.6. The van der Waals surface area contributed by atoms with Gasteiger partial charge < -0.3 is 25.2 Å². The molecule has 10 heteroatoms. The van der Waals surface area contributed by atoms with Crippen molar-refractivity contribution in [2.45, 2.75) is 64.8 Å². The van der Waals surface area contributed by atoms with Gasteiger partial charge in [0.05, 0.1) is 33.9 Å². The number of benzene rings is 1. The summed E-state index contributed by atoms with van der Waals surface area (Å²) in [7, 11) is 1.81. The molecule has 0 spiro atoms. The highest BCUT2D eigenvalue weighted by molar-refractivity contribution is 7.13. The topological polar surface area (TPSA) is 121 Å². The van der Waals surface area contributed by atoms with Gasteiger partial charge in [0.2, 0.25) is 11.8 Å². The van der Waals surface area contributed by atoms with Crippen LogP contribution in [-0.2, 0) is 16.1 Å². The molecule has 2 amide bonds. The van der Waals surface area contributed by atoms with E-state index in [4.69, 9.17) is 4.52 Å². The fraction of sp³-hybridized carbons (Fsp3) is 0.481. The molecule has 0 saturated carbocycles. The average Bonchev–Trinajstić information content (AvgIpc) is 3.59. The van der Waals surface area contributed by atoms with Gasteiger partial charge in [-0.2, -0.15) is 0 Å². The second-order valence-corrected chi connectivity index (χ2v) is 10.8. The molecular weight excluding hydrogens is 490 g/mol. The van der Waals surface area contributed by atoms with E-state index in [0.717, 1.165) is 21.7 Å². The number of aryl methyl sites for hydroxylation is 1. The molecule has 1 aromatic carbocycles. The molecule has 2 aromatic heterocycles. The van der Waals surface area contributed by atoms with E-state index >= 15 is 0 Å². The quantitative estimate of drug-likeness (QED) is 0.392. The molecule has 1 aliphatic heterocycles. The van der Waals surface area contributed by atoms with Gasteiger partial charge in [0.15, 0.2) is 0 Å². The van der Waals surface area contributed by atoms with Gasteiger partial charge in [-0.25, -0.2) is 4.98 Å². The third-order valence-corrected chi connectivity index (χ3v) is 7.79. The zero-order valence-corrected chi connectivity index (χ0v) is 22.7. The van der Waals surface area contributed by atoms with E-state index in [1.165, 1.54) is 4.90 Å². The van der Waals surface area contributed by atoms with Crippen molar-refractivity contribution in [1.29, 1.82) is 0 Å². The van der Waals surface area contributed by atoms with Crippen LogP contribution in [0.3, 0.4) is 0 Å². The maximum Gasteiger partial charge on any atom is 0.243 e. The van der Waals surface area contributed by atoms with Crippen molar-refractivity contribution in [2.75, 3.05) is 13.6 Å². The summed E-state index contributed by atoms with van der Waals surface area (Å²) in [5.41, 5.74) is 5.57. The lowest BCUT2D eigenvalue weighted by atomic mass is 9.91. The Hall–Kier alpha value is -3.08. The van der Waals surface area contributed by atoms with E-state index in [2.05, 4.69) is 20.8 Å². The molecule has 3 N–H and O–H groups in total. The SMILES string of the molecule is CNCc1cc([C@H](C(=O)N2C[C@H](O)C[C@H]2C(=O)N[C@@H](C)c2ccc(-c3scnc3C)cc2)C(C)C)on1. The van der Waals surface area contributed by atoms with E-state index < -0.39 is 18.1 Å². The lowest BCUT2D eigenvalue weighted by molar-refractivity contribution is -0.141. The zero-order valence-electron chi connectivity index (χ0n) is 21.9. The van der Waals surface area contributed by atoms with Gasteiger partial charge in [-0.1, -0.05) is 43.3 Å². The average molecular weight is 526 g/mol. The van der Waals surface area contributed by atoms with Gasteiger partial charge in [0.25, 0.3) is 0 Å². The molecular formula is C27H35N5O4S. The van der Waals surface area contributed by atoms with Crippen LogP contribution in [0.1, 0.15) is 61.9 Å². The van der Waals surface area contributed by atoms with Gasteiger partial charge in [0, 0.05) is 25.6 Å². The van der Waals surface area contributed by atoms with Crippen molar-refractivity contribution >= 4 is 23.2 Å². The summed E-state index contributed by atoms with van der Waals surface area (Å²) in [6.45, 7) is 8.40. The van der Waals surface area contributed by atoms with E-state index in [1.54, 1.807) is 17.4 Å². The molecule has 3 aromatic rings. The number of nitrogens with one attached hydrogen (secondary N) is 2. The number of hydrogen-bond donors (Lipinski definition) is 3. The number of β-amino-alcohol motifs (C(OH)–C–C–N with tert-alkyl or cyclic N) is 1. The number of aliphatic hydroxyl groups is 1. The zero-order chi connectivity index (χ0) is 26.7. The van der Waals surface area contributed by atoms with Crippen molar-refractivity contribution in [2.24, 2.45) is 5.92 Å². The smallest absolute Gasteiger partial charge is 0.243 e. The largest absolute Gasteiger partial charge is 0.391 e. The number of nitrogens with zero attached hydrogens (tertiary/aromatic N) is 3. The molecule has 4 atom stereocenters. The Bertz CT molecular complexity index is 1220. The maximum absolute atomic E-state index is 13.7. The molecule has 4 rings (SSSR count). The second-order valence-electron chi connectivity index (χ2n) is 9.99. The molecule has 1 aliphatic rings. The Labute approximate surface area is 221 Å². The van der Waals surface area contributed by atoms with Crippen LogP contribution < -0.4 is 10.6 Å². The third-order valence-electron chi connectivity index (χ3n) is 6.82. The number of carbonyl (C=O) groups is 2. The number of thiazole rings is 1. The molecule has 0 unspecified atom stereocenters. The lowest BCUT2D eigenvalue weighted by Gasteiger charge is -2.29. The Balaban J connectivity index is 1.47. The first-order valence-corrected chi connectivity index (χ1v) is 13.5. The van der Waals surface area contributed by atoms with Crippen LogP contribution in [0.5, 0.6) is 0 Å². The normalized spacial score (nSPS) is 19.3. The number of hydrogen-bond acceptors (Lipinski definition) is 8. The summed E-state index contributed by atoms with van der Waals surface area (Å²) < 4.78 is 5.51. The van der Waals surface area contributed by atoms with Crippen LogP contribution in [0.15, 0.2) is 40.4 Å². The minimum absolute atomic E-state index is 0.0797. The second kappa shape index (κ2) is 11.5. The minimum atomic E-state index is -0.765. The molecule has 37 heavy (non-hydrogen) atoms. The van der Waals surface area contributed by atoms with Crippen LogP contribution >= 0.6 is 11.3 Å². The number of aromatic nitrogens is 2. The predicted octanol–water partition coefficient (Wildman–Crippen LogP) is 3.40. The Morgan fingerprint density at radius 1 is 1.24 bits per heavy atom. The van der Waals surface area contributed by atoms with Crippen LogP contribution in [0.4, 0.5) is 0 Å². The standard InChI is InChI=1S/C27H35N5O4S/c1-15(2)24(23-10-20(12-28-5)31-36-23)27(35)32-13-21(33)11-22(32)26(34)30-16(3)18-6-8-19(9-7-18)25-17(4)29-14-37-25/h6-10,14-16,21-22,24,28,33H,11-13H2,1-5H3,(H,30,34)/t16-,21+,22-,24+/m0/s1. The van der Waals surface area contributed by atoms with Crippen molar-refractivity contribution in [3.8, 4) is 10.4 Å². The number of rotatable bonds is 9. The van der Waals surface area contributed by atoms with E-state index in [0.29, 0.717) is 18.0 Å². The molecule has 3 heterocycles. The molecule has 0 radical (unpaired) electrons. The fourth-order valence-corrected chi connectivity index (χ4v) is 5.67. The summed E-state index contributed by atoms with van der Waals surface area (Å²) in [6.07, 6.45) is -0.570. The highest BCUT2D eigenvalue weighted by Gasteiger charge is 2.43. The van der Waals surface area contributed by atoms with Crippen LogP contribution in [-0.4, -0.2) is 57.7 Å². The van der Waals surface area contributed by atoms with Gasteiger partial charge in [-0.05, 0) is 37.9 Å². The van der Waals surface area contributed by atoms with Gasteiger partial charge in [-0.15, -0.1) is 11.3 Å². The number of likely N-dealkylation sites (tertiary alicyclic amines) is 1. The lowest BCUT2D eigenvalue weighted by Crippen LogP contribution is -2.48. The van der Waals surface area contributed by atoms with E-state index in [-0.39, 0.29) is 36.7 Å². The predicted molar refractivity (Wildman–Crippen MR) is 142 cm³/mol. The molecule has 198 valence electrons. The summed E-state index contributed by atoms with van der Waals surface area (Å²) in [5.74, 6) is -0.732. The number of carbonyl (C=O) groups excluding carboxylic acids is 2. The van der Waals surface area contributed by atoms with Crippen molar-refractivity contribution in [3.63, 3.8) is 0 Å². The summed E-state index contributed by atoms with van der Waals surface area (Å²) in [6, 6.07) is 8.80. The minimum Gasteiger partial charge on any atom is -0.391 e. The third kappa shape index (κ3) is 5.92. The molecule has 1 saturated heterocycles. The molecule has 0 aliphatic carbocycles. The highest BCUT2D eigenvalue weighted by atomic mass is 32.1.